The number of carboxylic acid groups (broad SMARTS) is 1. The zero-order valence-electron chi connectivity index (χ0n) is 7.39. The van der Waals surface area contributed by atoms with E-state index in [0.29, 0.717) is 0 Å². The molecule has 0 bridgehead atoms. The molecule has 10 heavy (non-hydrogen) atoms. The van der Waals surface area contributed by atoms with Crippen molar-refractivity contribution in [3.8, 4) is 0 Å². The van der Waals surface area contributed by atoms with Gasteiger partial charge in [-0.05, 0) is 5.54 Å². The second-order valence-corrected chi connectivity index (χ2v) is 9.00. The molecule has 0 rings (SSSR count). The molecule has 0 spiro atoms. The average Bonchev–Trinajstić information content (AvgIpc) is 1.62. The summed E-state index contributed by atoms with van der Waals surface area (Å²) in [6.07, 6.45) is 0. The van der Waals surface area contributed by atoms with Crippen LogP contribution >= 0.6 is 0 Å². The summed E-state index contributed by atoms with van der Waals surface area (Å²) in [7, 11) is -1.49. The summed E-state index contributed by atoms with van der Waals surface area (Å²) >= 11 is 0. The fraction of sp³-hybridized carbons (Fsp3) is 0.833. The Labute approximate surface area is 85.3 Å². The first-order valence-electron chi connectivity index (χ1n) is 3.06. The van der Waals surface area contributed by atoms with Crippen molar-refractivity contribution in [3.63, 3.8) is 0 Å². The van der Waals surface area contributed by atoms with Gasteiger partial charge in [-0.2, -0.15) is 0 Å². The predicted molar refractivity (Wildman–Crippen MR) is 37.8 cm³/mol. The van der Waals surface area contributed by atoms with Crippen molar-refractivity contribution in [2.45, 2.75) is 32.1 Å². The van der Waals surface area contributed by atoms with E-state index in [1.165, 1.54) is 0 Å². The van der Waals surface area contributed by atoms with Gasteiger partial charge < -0.3 is 9.90 Å². The van der Waals surface area contributed by atoms with Gasteiger partial charge in [0.15, 0.2) is 0 Å². The van der Waals surface area contributed by atoms with E-state index in [9.17, 15) is 9.90 Å². The van der Waals surface area contributed by atoms with Crippen molar-refractivity contribution < 1.29 is 39.5 Å². The van der Waals surface area contributed by atoms with Gasteiger partial charge in [-0.1, -0.05) is 26.6 Å². The van der Waals surface area contributed by atoms with E-state index in [4.69, 9.17) is 0 Å². The molecule has 0 radical (unpaired) electrons. The molecule has 0 aliphatic rings. The summed E-state index contributed by atoms with van der Waals surface area (Å²) in [6, 6.07) is 0. The molecular weight excluding hydrogens is 155 g/mol. The van der Waals surface area contributed by atoms with Gasteiger partial charge in [0.1, 0.15) is 0 Å². The molecule has 0 saturated carbocycles. The van der Waals surface area contributed by atoms with Crippen LogP contribution in [0.1, 0.15) is 6.92 Å². The van der Waals surface area contributed by atoms with Crippen LogP contribution in [0.25, 0.3) is 0 Å². The Hall–Kier alpha value is 0.687. The van der Waals surface area contributed by atoms with Crippen LogP contribution in [0.2, 0.25) is 25.2 Å². The van der Waals surface area contributed by atoms with Gasteiger partial charge in [0.05, 0.1) is 8.07 Å². The molecule has 0 aliphatic carbocycles. The molecule has 0 aromatic heterocycles. The van der Waals surface area contributed by atoms with Crippen LogP contribution in [0, 0.1) is 0 Å². The van der Waals surface area contributed by atoms with Crippen LogP contribution in [0.3, 0.4) is 0 Å². The quantitative estimate of drug-likeness (QED) is 0.427. The molecule has 0 aromatic rings. The van der Waals surface area contributed by atoms with E-state index >= 15 is 0 Å². The Kier molecular flexibility index (Phi) is 6.04. The topological polar surface area (TPSA) is 40.1 Å². The number of hydrogen-bond donors (Lipinski definition) is 0. The third-order valence-electron chi connectivity index (χ3n) is 1.65. The van der Waals surface area contributed by atoms with Gasteiger partial charge in [-0.3, -0.25) is 0 Å². The molecule has 2 nitrogen and oxygen atoms in total. The van der Waals surface area contributed by atoms with E-state index in [1.54, 1.807) is 6.92 Å². The Balaban J connectivity index is 0. The third-order valence-corrected chi connectivity index (χ3v) is 4.49. The molecule has 0 N–H and O–H groups in total. The Morgan fingerprint density at radius 1 is 1.40 bits per heavy atom. The average molecular weight is 168 g/mol. The van der Waals surface area contributed by atoms with E-state index in [2.05, 4.69) is 0 Å². The molecule has 0 saturated heterocycles. The standard InChI is InChI=1S/C6H14O2Si.Na/c1-5(6(7)8)9(2,3)4;/h5H,1-4H3,(H,7,8);/q;+1/p-1. The largest absolute Gasteiger partial charge is 1.00 e. The number of aliphatic carboxylic acids is 1. The maximum Gasteiger partial charge on any atom is 1.00 e. The first-order valence-corrected chi connectivity index (χ1v) is 6.64. The SMILES string of the molecule is CC(C(=O)[O-])[Si](C)(C)C.[Na+]. The zero-order chi connectivity index (χ0) is 7.65. The van der Waals surface area contributed by atoms with E-state index < -0.39 is 14.0 Å². The fourth-order valence-electron chi connectivity index (χ4n) is 0.354. The van der Waals surface area contributed by atoms with Crippen molar-refractivity contribution in [2.75, 3.05) is 0 Å². The summed E-state index contributed by atoms with van der Waals surface area (Å²) in [5.74, 6) is -0.908. The van der Waals surface area contributed by atoms with Gasteiger partial charge in [0, 0.05) is 5.97 Å². The third kappa shape index (κ3) is 4.49. The minimum atomic E-state index is -1.49. The van der Waals surface area contributed by atoms with Crippen molar-refractivity contribution in [3.05, 3.63) is 0 Å². The molecule has 0 fully saturated rings. The van der Waals surface area contributed by atoms with Gasteiger partial charge in [-0.25, -0.2) is 0 Å². The van der Waals surface area contributed by atoms with Crippen LogP contribution in [0.5, 0.6) is 0 Å². The number of carbonyl (C=O) groups is 1. The molecule has 0 amide bonds. The van der Waals surface area contributed by atoms with Gasteiger partial charge >= 0.3 is 29.6 Å². The summed E-state index contributed by atoms with van der Waals surface area (Å²) in [4.78, 5) is 10.3. The molecular formula is C6H13NaO2Si. The summed E-state index contributed by atoms with van der Waals surface area (Å²) in [6.45, 7) is 7.79. The molecule has 0 heterocycles. The van der Waals surface area contributed by atoms with E-state index in [0.717, 1.165) is 0 Å². The first kappa shape index (κ1) is 13.3. The van der Waals surface area contributed by atoms with Crippen molar-refractivity contribution in [1.82, 2.24) is 0 Å². The molecule has 0 aliphatic heterocycles. The van der Waals surface area contributed by atoms with Crippen LogP contribution in [-0.2, 0) is 4.79 Å². The number of carboxylic acids is 1. The van der Waals surface area contributed by atoms with Gasteiger partial charge in [0.2, 0.25) is 0 Å². The van der Waals surface area contributed by atoms with Crippen LogP contribution in [0.15, 0.2) is 0 Å². The van der Waals surface area contributed by atoms with Crippen LogP contribution < -0.4 is 34.7 Å². The van der Waals surface area contributed by atoms with Crippen molar-refractivity contribution in [2.24, 2.45) is 0 Å². The number of hydrogen-bond acceptors (Lipinski definition) is 2. The monoisotopic (exact) mass is 168 g/mol. The smallest absolute Gasteiger partial charge is 0.550 e. The number of carbonyl (C=O) groups excluding carboxylic acids is 1. The maximum absolute atomic E-state index is 10.3. The van der Waals surface area contributed by atoms with Crippen molar-refractivity contribution >= 4 is 14.0 Å². The minimum Gasteiger partial charge on any atom is -0.550 e. The number of rotatable bonds is 2. The van der Waals surface area contributed by atoms with Crippen molar-refractivity contribution in [1.29, 1.82) is 0 Å². The fourth-order valence-corrected chi connectivity index (χ4v) is 1.06. The summed E-state index contributed by atoms with van der Waals surface area (Å²) < 4.78 is 0. The molecule has 54 valence electrons. The Morgan fingerprint density at radius 3 is 1.70 bits per heavy atom. The second-order valence-electron chi connectivity index (χ2n) is 3.41. The van der Waals surface area contributed by atoms with Crippen LogP contribution in [0.4, 0.5) is 0 Å². The van der Waals surface area contributed by atoms with Gasteiger partial charge in [0.25, 0.3) is 0 Å². The van der Waals surface area contributed by atoms with E-state index in [1.807, 2.05) is 19.6 Å². The van der Waals surface area contributed by atoms with E-state index in [-0.39, 0.29) is 35.1 Å². The molecule has 1 unspecified atom stereocenters. The Bertz CT molecular complexity index is 119. The summed E-state index contributed by atoms with van der Waals surface area (Å²) in [5, 5.41) is 10.3. The maximum atomic E-state index is 10.3. The second kappa shape index (κ2) is 4.54. The summed E-state index contributed by atoms with van der Waals surface area (Å²) in [5.41, 5.74) is -0.238. The molecule has 0 aromatic carbocycles. The first-order chi connectivity index (χ1) is 3.85. The van der Waals surface area contributed by atoms with Gasteiger partial charge in [-0.15, -0.1) is 0 Å². The Morgan fingerprint density at radius 2 is 1.70 bits per heavy atom. The zero-order valence-corrected chi connectivity index (χ0v) is 10.4. The molecule has 1 atom stereocenters. The van der Waals surface area contributed by atoms with Crippen LogP contribution in [-0.4, -0.2) is 14.0 Å². The normalized spacial score (nSPS) is 13.6. The predicted octanol–water partition coefficient (Wildman–Crippen LogP) is -2.53. The minimum absolute atomic E-state index is 0. The molecule has 4 heteroatoms.